The maximum absolute atomic E-state index is 4.03. The lowest BCUT2D eigenvalue weighted by atomic mass is 9.94. The molecule has 1 N–H and O–H groups in total. The Kier molecular flexibility index (Phi) is 4.62. The molecule has 1 atom stereocenters. The molecule has 3 heteroatoms. The molecule has 0 unspecified atom stereocenters. The Morgan fingerprint density at radius 3 is 3.12 bits per heavy atom. The van der Waals surface area contributed by atoms with Gasteiger partial charge < -0.3 is 9.88 Å². The van der Waals surface area contributed by atoms with Crippen LogP contribution in [-0.2, 0) is 6.54 Å². The van der Waals surface area contributed by atoms with Crippen molar-refractivity contribution in [1.29, 1.82) is 0 Å². The van der Waals surface area contributed by atoms with E-state index in [1.54, 1.807) is 0 Å². The molecule has 0 aliphatic heterocycles. The van der Waals surface area contributed by atoms with Gasteiger partial charge in [0.15, 0.2) is 0 Å². The third kappa shape index (κ3) is 3.81. The third-order valence-corrected chi connectivity index (χ3v) is 3.14. The van der Waals surface area contributed by atoms with E-state index in [1.807, 2.05) is 18.7 Å². The van der Waals surface area contributed by atoms with E-state index in [0.717, 1.165) is 19.0 Å². The highest BCUT2D eigenvalue weighted by Crippen LogP contribution is 2.16. The second-order valence-corrected chi connectivity index (χ2v) is 4.51. The molecular formula is C13H21N3. The van der Waals surface area contributed by atoms with Crippen LogP contribution >= 0.6 is 0 Å². The summed E-state index contributed by atoms with van der Waals surface area (Å²) in [7, 11) is 0. The van der Waals surface area contributed by atoms with Gasteiger partial charge in [-0.15, -0.1) is 0 Å². The average Bonchev–Trinajstić information content (AvgIpc) is 2.83. The van der Waals surface area contributed by atoms with Crippen molar-refractivity contribution >= 4 is 0 Å². The molecular weight excluding hydrogens is 198 g/mol. The minimum Gasteiger partial charge on any atom is -0.337 e. The summed E-state index contributed by atoms with van der Waals surface area (Å²) in [5, 5.41) is 3.55. The predicted octanol–water partition coefficient (Wildman–Crippen LogP) is 2.22. The molecule has 2 rings (SSSR count). The quantitative estimate of drug-likeness (QED) is 0.587. The Morgan fingerprint density at radius 1 is 1.38 bits per heavy atom. The molecule has 1 heterocycles. The zero-order valence-corrected chi connectivity index (χ0v) is 9.81. The zero-order valence-electron chi connectivity index (χ0n) is 9.81. The van der Waals surface area contributed by atoms with Crippen molar-refractivity contribution in [2.45, 2.75) is 32.2 Å². The maximum Gasteiger partial charge on any atom is 0.0945 e. The maximum atomic E-state index is 4.03. The van der Waals surface area contributed by atoms with Gasteiger partial charge in [0.1, 0.15) is 0 Å². The van der Waals surface area contributed by atoms with Crippen LogP contribution in [0, 0.1) is 5.92 Å². The van der Waals surface area contributed by atoms with Crippen molar-refractivity contribution < 1.29 is 0 Å². The highest BCUT2D eigenvalue weighted by molar-refractivity contribution is 4.90. The Bertz CT molecular complexity index is 303. The molecule has 1 aliphatic carbocycles. The number of allylic oxidation sites excluding steroid dienone is 2. The van der Waals surface area contributed by atoms with Gasteiger partial charge in [-0.3, -0.25) is 0 Å². The van der Waals surface area contributed by atoms with E-state index >= 15 is 0 Å². The highest BCUT2D eigenvalue weighted by Gasteiger charge is 2.08. The molecule has 0 radical (unpaired) electrons. The first-order valence-corrected chi connectivity index (χ1v) is 6.26. The van der Waals surface area contributed by atoms with Gasteiger partial charge in [-0.05, 0) is 44.7 Å². The van der Waals surface area contributed by atoms with Gasteiger partial charge in [0.2, 0.25) is 0 Å². The first-order valence-electron chi connectivity index (χ1n) is 6.26. The zero-order chi connectivity index (χ0) is 11.1. The fraction of sp³-hybridized carbons (Fsp3) is 0.615. The number of hydrogen-bond donors (Lipinski definition) is 1. The lowest BCUT2D eigenvalue weighted by Gasteiger charge is -2.18. The molecule has 1 aromatic heterocycles. The number of imidazole rings is 1. The van der Waals surface area contributed by atoms with E-state index in [9.17, 15) is 0 Å². The number of rotatable bonds is 6. The van der Waals surface area contributed by atoms with Crippen LogP contribution in [-0.4, -0.2) is 22.6 Å². The van der Waals surface area contributed by atoms with E-state index in [2.05, 4.69) is 27.0 Å². The standard InChI is InChI=1S/C13H21N3/c1-2-5-13(6-3-1)11-14-7-4-9-16-10-8-15-12-16/h1-2,8,10,12-14H,3-7,9,11H2/t13-/m0/s1. The number of aromatic nitrogens is 2. The van der Waals surface area contributed by atoms with Crippen LogP contribution in [0.4, 0.5) is 0 Å². The fourth-order valence-electron chi connectivity index (χ4n) is 2.15. The Labute approximate surface area is 97.6 Å². The van der Waals surface area contributed by atoms with Crippen LogP contribution < -0.4 is 5.32 Å². The van der Waals surface area contributed by atoms with Gasteiger partial charge in [0, 0.05) is 18.9 Å². The van der Waals surface area contributed by atoms with E-state index in [4.69, 9.17) is 0 Å². The summed E-state index contributed by atoms with van der Waals surface area (Å²) in [6.45, 7) is 3.35. The van der Waals surface area contributed by atoms with Crippen molar-refractivity contribution in [3.05, 3.63) is 30.9 Å². The van der Waals surface area contributed by atoms with Crippen LogP contribution in [0.3, 0.4) is 0 Å². The van der Waals surface area contributed by atoms with E-state index in [0.29, 0.717) is 0 Å². The normalized spacial score (nSPS) is 20.1. The largest absolute Gasteiger partial charge is 0.337 e. The lowest BCUT2D eigenvalue weighted by Crippen LogP contribution is -2.25. The van der Waals surface area contributed by atoms with Crippen molar-refractivity contribution in [3.8, 4) is 0 Å². The van der Waals surface area contributed by atoms with Gasteiger partial charge in [0.25, 0.3) is 0 Å². The minimum absolute atomic E-state index is 0.859. The SMILES string of the molecule is C1=CC[C@H](CNCCCn2ccnc2)CC1. The Balaban J connectivity index is 1.50. The fourth-order valence-corrected chi connectivity index (χ4v) is 2.15. The number of nitrogens with zero attached hydrogens (tertiary/aromatic N) is 2. The summed E-state index contributed by atoms with van der Waals surface area (Å²) < 4.78 is 2.13. The molecule has 3 nitrogen and oxygen atoms in total. The molecule has 0 aromatic carbocycles. The molecule has 0 bridgehead atoms. The molecule has 0 amide bonds. The number of nitrogens with one attached hydrogen (secondary N) is 1. The lowest BCUT2D eigenvalue weighted by molar-refractivity contribution is 0.434. The summed E-state index contributed by atoms with van der Waals surface area (Å²) >= 11 is 0. The van der Waals surface area contributed by atoms with E-state index in [1.165, 1.54) is 32.2 Å². The third-order valence-electron chi connectivity index (χ3n) is 3.14. The van der Waals surface area contributed by atoms with Crippen LogP contribution in [0.2, 0.25) is 0 Å². The molecule has 88 valence electrons. The summed E-state index contributed by atoms with van der Waals surface area (Å²) in [6, 6.07) is 0. The van der Waals surface area contributed by atoms with Gasteiger partial charge in [0.05, 0.1) is 6.33 Å². The second kappa shape index (κ2) is 6.48. The average molecular weight is 219 g/mol. The minimum atomic E-state index is 0.859. The summed E-state index contributed by atoms with van der Waals surface area (Å²) in [5.41, 5.74) is 0. The van der Waals surface area contributed by atoms with E-state index < -0.39 is 0 Å². The second-order valence-electron chi connectivity index (χ2n) is 4.51. The number of aryl methyl sites for hydroxylation is 1. The van der Waals surface area contributed by atoms with Crippen LogP contribution in [0.5, 0.6) is 0 Å². The molecule has 0 spiro atoms. The van der Waals surface area contributed by atoms with Crippen molar-refractivity contribution in [1.82, 2.24) is 14.9 Å². The van der Waals surface area contributed by atoms with E-state index in [-0.39, 0.29) is 0 Å². The Morgan fingerprint density at radius 2 is 2.38 bits per heavy atom. The molecule has 0 saturated carbocycles. The van der Waals surface area contributed by atoms with Crippen molar-refractivity contribution in [2.75, 3.05) is 13.1 Å². The number of hydrogen-bond acceptors (Lipinski definition) is 2. The van der Waals surface area contributed by atoms with Crippen LogP contribution in [0.25, 0.3) is 0 Å². The van der Waals surface area contributed by atoms with Gasteiger partial charge >= 0.3 is 0 Å². The Hall–Kier alpha value is -1.09. The molecule has 1 aromatic rings. The van der Waals surface area contributed by atoms with Crippen molar-refractivity contribution in [2.24, 2.45) is 5.92 Å². The molecule has 16 heavy (non-hydrogen) atoms. The smallest absolute Gasteiger partial charge is 0.0945 e. The first-order chi connectivity index (χ1) is 7.95. The van der Waals surface area contributed by atoms with Gasteiger partial charge in [-0.1, -0.05) is 12.2 Å². The predicted molar refractivity (Wildman–Crippen MR) is 66.2 cm³/mol. The van der Waals surface area contributed by atoms with Gasteiger partial charge in [-0.2, -0.15) is 0 Å². The summed E-state index contributed by atoms with van der Waals surface area (Å²) in [4.78, 5) is 4.03. The molecule has 0 saturated heterocycles. The van der Waals surface area contributed by atoms with Crippen molar-refractivity contribution in [3.63, 3.8) is 0 Å². The van der Waals surface area contributed by atoms with Crippen LogP contribution in [0.1, 0.15) is 25.7 Å². The molecule has 0 fully saturated rings. The summed E-state index contributed by atoms with van der Waals surface area (Å²) in [5.74, 6) is 0.859. The van der Waals surface area contributed by atoms with Crippen LogP contribution in [0.15, 0.2) is 30.9 Å². The van der Waals surface area contributed by atoms with Gasteiger partial charge in [-0.25, -0.2) is 4.98 Å². The summed E-state index contributed by atoms with van der Waals surface area (Å²) in [6.07, 6.45) is 15.4. The monoisotopic (exact) mass is 219 g/mol. The topological polar surface area (TPSA) is 29.9 Å². The first kappa shape index (κ1) is 11.4. The highest BCUT2D eigenvalue weighted by atomic mass is 15.0. The molecule has 1 aliphatic rings.